The molecule has 0 aliphatic carbocycles. The molecule has 0 spiro atoms. The van der Waals surface area contributed by atoms with E-state index in [9.17, 15) is 13.2 Å². The van der Waals surface area contributed by atoms with Gasteiger partial charge >= 0.3 is 0 Å². The first kappa shape index (κ1) is 21.6. The molecular weight excluding hydrogens is 436 g/mol. The van der Waals surface area contributed by atoms with E-state index < -0.39 is 10.0 Å². The molecule has 4 rings (SSSR count). The molecule has 1 amide bonds. The first-order valence-electron chi connectivity index (χ1n) is 10.0. The van der Waals surface area contributed by atoms with E-state index in [1.54, 1.807) is 19.2 Å². The SMILES string of the molecule is COc1ccc(NC(=O)C2CCN(S(=O)(=O)c3ccc(Cl)cc3)CC2)c2ccccc12. The Kier molecular flexibility index (Phi) is 6.18. The molecule has 0 radical (unpaired) electrons. The van der Waals surface area contributed by atoms with E-state index in [-0.39, 0.29) is 16.7 Å². The highest BCUT2D eigenvalue weighted by Crippen LogP contribution is 2.32. The number of carbonyl (C=O) groups excluding carboxylic acids is 1. The highest BCUT2D eigenvalue weighted by molar-refractivity contribution is 7.89. The van der Waals surface area contributed by atoms with Crippen LogP contribution in [0.4, 0.5) is 5.69 Å². The first-order valence-corrected chi connectivity index (χ1v) is 11.8. The van der Waals surface area contributed by atoms with Crippen LogP contribution in [-0.4, -0.2) is 38.8 Å². The van der Waals surface area contributed by atoms with Gasteiger partial charge in [0.05, 0.1) is 12.0 Å². The summed E-state index contributed by atoms with van der Waals surface area (Å²) < 4.78 is 32.5. The van der Waals surface area contributed by atoms with Crippen molar-refractivity contribution in [3.8, 4) is 5.75 Å². The summed E-state index contributed by atoms with van der Waals surface area (Å²) in [5.41, 5.74) is 0.720. The number of piperidine rings is 1. The number of methoxy groups -OCH3 is 1. The van der Waals surface area contributed by atoms with Gasteiger partial charge in [0.1, 0.15) is 5.75 Å². The highest BCUT2D eigenvalue weighted by atomic mass is 35.5. The summed E-state index contributed by atoms with van der Waals surface area (Å²) in [5.74, 6) is 0.394. The molecule has 31 heavy (non-hydrogen) atoms. The van der Waals surface area contributed by atoms with Crippen LogP contribution in [0.1, 0.15) is 12.8 Å². The van der Waals surface area contributed by atoms with Gasteiger partial charge in [0, 0.05) is 40.5 Å². The van der Waals surface area contributed by atoms with E-state index in [2.05, 4.69) is 5.32 Å². The number of amides is 1. The molecule has 1 aliphatic rings. The lowest BCUT2D eigenvalue weighted by Gasteiger charge is -2.30. The van der Waals surface area contributed by atoms with Crippen LogP contribution < -0.4 is 10.1 Å². The maximum absolute atomic E-state index is 12.9. The second-order valence-corrected chi connectivity index (χ2v) is 9.86. The van der Waals surface area contributed by atoms with Crippen molar-refractivity contribution >= 4 is 44.0 Å². The summed E-state index contributed by atoms with van der Waals surface area (Å²) in [7, 11) is -1.98. The Labute approximate surface area is 186 Å². The predicted molar refractivity (Wildman–Crippen MR) is 122 cm³/mol. The minimum absolute atomic E-state index is 0.0983. The van der Waals surface area contributed by atoms with Crippen LogP contribution >= 0.6 is 11.6 Å². The number of hydrogen-bond acceptors (Lipinski definition) is 4. The van der Waals surface area contributed by atoms with E-state index in [1.807, 2.05) is 36.4 Å². The van der Waals surface area contributed by atoms with Crippen LogP contribution in [0.15, 0.2) is 65.6 Å². The fourth-order valence-corrected chi connectivity index (χ4v) is 5.50. The van der Waals surface area contributed by atoms with Gasteiger partial charge in [-0.15, -0.1) is 0 Å². The molecule has 6 nitrogen and oxygen atoms in total. The van der Waals surface area contributed by atoms with Crippen molar-refractivity contribution in [1.82, 2.24) is 4.31 Å². The van der Waals surface area contributed by atoms with Crippen molar-refractivity contribution in [2.24, 2.45) is 5.92 Å². The number of ether oxygens (including phenoxy) is 1. The Morgan fingerprint density at radius 1 is 1.00 bits per heavy atom. The van der Waals surface area contributed by atoms with Crippen molar-refractivity contribution in [2.75, 3.05) is 25.5 Å². The largest absolute Gasteiger partial charge is 0.496 e. The molecule has 0 atom stereocenters. The fourth-order valence-electron chi connectivity index (χ4n) is 3.91. The van der Waals surface area contributed by atoms with Gasteiger partial charge in [-0.2, -0.15) is 4.31 Å². The second kappa shape index (κ2) is 8.86. The minimum atomic E-state index is -3.59. The van der Waals surface area contributed by atoms with Crippen molar-refractivity contribution in [3.63, 3.8) is 0 Å². The fraction of sp³-hybridized carbons (Fsp3) is 0.261. The van der Waals surface area contributed by atoms with E-state index in [1.165, 1.54) is 16.4 Å². The summed E-state index contributed by atoms with van der Waals surface area (Å²) in [6, 6.07) is 17.5. The van der Waals surface area contributed by atoms with Crippen LogP contribution in [-0.2, 0) is 14.8 Å². The first-order chi connectivity index (χ1) is 14.9. The summed E-state index contributed by atoms with van der Waals surface area (Å²) in [6.45, 7) is 0.596. The van der Waals surface area contributed by atoms with Gasteiger partial charge in [0.2, 0.25) is 15.9 Å². The van der Waals surface area contributed by atoms with Crippen LogP contribution in [0.5, 0.6) is 5.75 Å². The van der Waals surface area contributed by atoms with Crippen molar-refractivity contribution < 1.29 is 17.9 Å². The third-order valence-electron chi connectivity index (χ3n) is 5.64. The summed E-state index contributed by atoms with van der Waals surface area (Å²) in [4.78, 5) is 13.1. The van der Waals surface area contributed by atoms with Gasteiger partial charge < -0.3 is 10.1 Å². The molecule has 8 heteroatoms. The number of benzene rings is 3. The number of nitrogens with one attached hydrogen (secondary N) is 1. The normalized spacial score (nSPS) is 15.7. The molecule has 1 N–H and O–H groups in total. The maximum Gasteiger partial charge on any atom is 0.243 e. The van der Waals surface area contributed by atoms with E-state index in [4.69, 9.17) is 16.3 Å². The molecule has 0 saturated carbocycles. The lowest BCUT2D eigenvalue weighted by atomic mass is 9.97. The minimum Gasteiger partial charge on any atom is -0.496 e. The Balaban J connectivity index is 1.44. The standard InChI is InChI=1S/C23H23ClN2O4S/c1-30-22-11-10-21(19-4-2-3-5-20(19)22)25-23(27)16-12-14-26(15-13-16)31(28,29)18-8-6-17(24)7-9-18/h2-11,16H,12-15H2,1H3,(H,25,27). The molecule has 3 aromatic carbocycles. The Bertz CT molecular complexity index is 1200. The average molecular weight is 459 g/mol. The zero-order valence-electron chi connectivity index (χ0n) is 17.0. The number of hydrogen-bond donors (Lipinski definition) is 1. The molecule has 162 valence electrons. The molecule has 1 heterocycles. The molecule has 3 aromatic rings. The topological polar surface area (TPSA) is 75.7 Å². The third kappa shape index (κ3) is 4.39. The van der Waals surface area contributed by atoms with Crippen LogP contribution in [0.3, 0.4) is 0 Å². The molecule has 1 fully saturated rings. The smallest absolute Gasteiger partial charge is 0.243 e. The van der Waals surface area contributed by atoms with Crippen LogP contribution in [0.2, 0.25) is 5.02 Å². The van der Waals surface area contributed by atoms with Gasteiger partial charge in [-0.05, 0) is 49.2 Å². The van der Waals surface area contributed by atoms with Gasteiger partial charge in [-0.3, -0.25) is 4.79 Å². The number of carbonyl (C=O) groups is 1. The Morgan fingerprint density at radius 3 is 2.29 bits per heavy atom. The number of anilines is 1. The summed E-state index contributed by atoms with van der Waals surface area (Å²) in [5, 5.41) is 5.33. The van der Waals surface area contributed by atoms with Crippen LogP contribution in [0, 0.1) is 5.92 Å². The molecule has 0 bridgehead atoms. The number of fused-ring (bicyclic) bond motifs is 1. The highest BCUT2D eigenvalue weighted by Gasteiger charge is 2.32. The van der Waals surface area contributed by atoms with Gasteiger partial charge in [-0.1, -0.05) is 35.9 Å². The Morgan fingerprint density at radius 2 is 1.65 bits per heavy atom. The van der Waals surface area contributed by atoms with Crippen molar-refractivity contribution in [3.05, 3.63) is 65.7 Å². The maximum atomic E-state index is 12.9. The summed E-state index contributed by atoms with van der Waals surface area (Å²) >= 11 is 5.86. The zero-order valence-corrected chi connectivity index (χ0v) is 18.6. The second-order valence-electron chi connectivity index (χ2n) is 7.48. The third-order valence-corrected chi connectivity index (χ3v) is 7.80. The van der Waals surface area contributed by atoms with E-state index >= 15 is 0 Å². The Hall–Kier alpha value is -2.61. The van der Waals surface area contributed by atoms with E-state index in [0.29, 0.717) is 31.0 Å². The number of nitrogens with zero attached hydrogens (tertiary/aromatic N) is 1. The zero-order chi connectivity index (χ0) is 22.0. The molecule has 0 aromatic heterocycles. The average Bonchev–Trinajstić information content (AvgIpc) is 2.79. The van der Waals surface area contributed by atoms with Crippen molar-refractivity contribution in [1.29, 1.82) is 0 Å². The monoisotopic (exact) mass is 458 g/mol. The quantitative estimate of drug-likeness (QED) is 0.609. The molecule has 0 unspecified atom stereocenters. The predicted octanol–water partition coefficient (Wildman–Crippen LogP) is 4.54. The molecular formula is C23H23ClN2O4S. The molecule has 1 saturated heterocycles. The van der Waals surface area contributed by atoms with Gasteiger partial charge in [0.15, 0.2) is 0 Å². The summed E-state index contributed by atoms with van der Waals surface area (Å²) in [6.07, 6.45) is 0.930. The lowest BCUT2D eigenvalue weighted by Crippen LogP contribution is -2.41. The van der Waals surface area contributed by atoms with Gasteiger partial charge in [0.25, 0.3) is 0 Å². The van der Waals surface area contributed by atoms with Crippen LogP contribution in [0.25, 0.3) is 10.8 Å². The van der Waals surface area contributed by atoms with Gasteiger partial charge in [-0.25, -0.2) is 8.42 Å². The number of sulfonamides is 1. The molecule has 1 aliphatic heterocycles. The lowest BCUT2D eigenvalue weighted by molar-refractivity contribution is -0.120. The number of rotatable bonds is 5. The van der Waals surface area contributed by atoms with Crippen molar-refractivity contribution in [2.45, 2.75) is 17.7 Å². The van der Waals surface area contributed by atoms with E-state index in [0.717, 1.165) is 22.2 Å². The number of halogens is 1.